The van der Waals surface area contributed by atoms with Crippen LogP contribution in [0.5, 0.6) is 0 Å². The minimum absolute atomic E-state index is 0.679. The van der Waals surface area contributed by atoms with Gasteiger partial charge in [-0.1, -0.05) is 13.3 Å². The van der Waals surface area contributed by atoms with Crippen molar-refractivity contribution in [2.24, 2.45) is 4.99 Å². The smallest absolute Gasteiger partial charge is 0.191 e. The van der Waals surface area contributed by atoms with Gasteiger partial charge in [0, 0.05) is 31.2 Å². The molecule has 0 aromatic carbocycles. The summed E-state index contributed by atoms with van der Waals surface area (Å²) >= 11 is 1.66. The highest BCUT2D eigenvalue weighted by Crippen LogP contribution is 2.12. The van der Waals surface area contributed by atoms with Gasteiger partial charge in [0.2, 0.25) is 0 Å². The lowest BCUT2D eigenvalue weighted by atomic mass is 10.4. The highest BCUT2D eigenvalue weighted by Gasteiger charge is 2.01. The Bertz CT molecular complexity index is 406. The van der Waals surface area contributed by atoms with Crippen LogP contribution in [0, 0.1) is 6.92 Å². The van der Waals surface area contributed by atoms with Crippen molar-refractivity contribution in [1.82, 2.24) is 15.6 Å². The molecular formula is C15H28N4OS. The van der Waals surface area contributed by atoms with Gasteiger partial charge in [0.15, 0.2) is 5.96 Å². The van der Waals surface area contributed by atoms with Crippen molar-refractivity contribution in [3.63, 3.8) is 0 Å². The van der Waals surface area contributed by atoms with Gasteiger partial charge in [0.05, 0.1) is 17.7 Å². The van der Waals surface area contributed by atoms with Crippen LogP contribution in [0.4, 0.5) is 0 Å². The third-order valence-corrected chi connectivity index (χ3v) is 3.89. The van der Waals surface area contributed by atoms with Gasteiger partial charge in [-0.3, -0.25) is 0 Å². The Kier molecular flexibility index (Phi) is 9.82. The molecule has 1 aromatic rings. The molecule has 0 saturated carbocycles. The molecule has 1 heterocycles. The first kappa shape index (κ1) is 17.9. The number of hydrogen-bond acceptors (Lipinski definition) is 4. The number of thiazole rings is 1. The standard InChI is InChI=1S/C15H28N4OS/c1-4-6-9-20-10-7-8-17-15(16-5-2)18-11-14-13(3)19-12-21-14/h12H,4-11H2,1-3H3,(H2,16,17,18). The minimum Gasteiger partial charge on any atom is -0.381 e. The van der Waals surface area contributed by atoms with E-state index in [1.807, 2.05) is 12.4 Å². The molecule has 0 fully saturated rings. The van der Waals surface area contributed by atoms with E-state index in [1.54, 1.807) is 11.3 Å². The maximum Gasteiger partial charge on any atom is 0.191 e. The molecule has 0 aliphatic carbocycles. The lowest BCUT2D eigenvalue weighted by Crippen LogP contribution is -2.38. The van der Waals surface area contributed by atoms with Crippen molar-refractivity contribution in [2.75, 3.05) is 26.3 Å². The maximum atomic E-state index is 5.54. The van der Waals surface area contributed by atoms with Crippen molar-refractivity contribution in [2.45, 2.75) is 46.6 Å². The summed E-state index contributed by atoms with van der Waals surface area (Å²) in [6, 6.07) is 0. The van der Waals surface area contributed by atoms with Crippen LogP contribution in [-0.2, 0) is 11.3 Å². The minimum atomic E-state index is 0.679. The van der Waals surface area contributed by atoms with Crippen molar-refractivity contribution >= 4 is 17.3 Å². The van der Waals surface area contributed by atoms with Gasteiger partial charge < -0.3 is 15.4 Å². The van der Waals surface area contributed by atoms with Crippen molar-refractivity contribution in [1.29, 1.82) is 0 Å². The van der Waals surface area contributed by atoms with Crippen LogP contribution in [0.3, 0.4) is 0 Å². The summed E-state index contributed by atoms with van der Waals surface area (Å²) in [6.07, 6.45) is 3.33. The van der Waals surface area contributed by atoms with Crippen LogP contribution >= 0.6 is 11.3 Å². The molecule has 1 rings (SSSR count). The van der Waals surface area contributed by atoms with E-state index in [4.69, 9.17) is 4.74 Å². The average Bonchev–Trinajstić information content (AvgIpc) is 2.89. The molecule has 21 heavy (non-hydrogen) atoms. The fourth-order valence-electron chi connectivity index (χ4n) is 1.70. The number of ether oxygens (including phenoxy) is 1. The molecule has 0 amide bonds. The number of unbranched alkanes of at least 4 members (excludes halogenated alkanes) is 1. The highest BCUT2D eigenvalue weighted by atomic mass is 32.1. The number of aliphatic imine (C=N–C) groups is 1. The average molecular weight is 312 g/mol. The Morgan fingerprint density at radius 2 is 2.10 bits per heavy atom. The molecule has 0 aliphatic heterocycles. The zero-order chi connectivity index (χ0) is 15.3. The molecule has 0 unspecified atom stereocenters. The summed E-state index contributed by atoms with van der Waals surface area (Å²) in [5.41, 5.74) is 2.94. The van der Waals surface area contributed by atoms with E-state index in [0.717, 1.165) is 50.8 Å². The summed E-state index contributed by atoms with van der Waals surface area (Å²) in [6.45, 7) is 10.4. The van der Waals surface area contributed by atoms with Crippen LogP contribution in [0.1, 0.15) is 43.7 Å². The highest BCUT2D eigenvalue weighted by molar-refractivity contribution is 7.09. The molecule has 5 nitrogen and oxygen atoms in total. The zero-order valence-corrected chi connectivity index (χ0v) is 14.3. The molecule has 0 aliphatic rings. The summed E-state index contributed by atoms with van der Waals surface area (Å²) in [4.78, 5) is 10.0. The summed E-state index contributed by atoms with van der Waals surface area (Å²) < 4.78 is 5.54. The van der Waals surface area contributed by atoms with Crippen LogP contribution < -0.4 is 10.6 Å². The number of aryl methyl sites for hydroxylation is 1. The molecule has 0 saturated heterocycles. The van der Waals surface area contributed by atoms with Crippen LogP contribution in [-0.4, -0.2) is 37.2 Å². The summed E-state index contributed by atoms with van der Waals surface area (Å²) in [7, 11) is 0. The first-order valence-corrected chi connectivity index (χ1v) is 8.64. The van der Waals surface area contributed by atoms with Gasteiger partial charge in [-0.2, -0.15) is 0 Å². The van der Waals surface area contributed by atoms with Gasteiger partial charge in [0.25, 0.3) is 0 Å². The Morgan fingerprint density at radius 3 is 2.76 bits per heavy atom. The van der Waals surface area contributed by atoms with E-state index in [-0.39, 0.29) is 0 Å². The fourth-order valence-corrected chi connectivity index (χ4v) is 2.40. The van der Waals surface area contributed by atoms with Gasteiger partial charge in [-0.25, -0.2) is 9.98 Å². The van der Waals surface area contributed by atoms with Crippen LogP contribution in [0.25, 0.3) is 0 Å². The lowest BCUT2D eigenvalue weighted by Gasteiger charge is -2.11. The van der Waals surface area contributed by atoms with Crippen LogP contribution in [0.15, 0.2) is 10.5 Å². The Balaban J connectivity index is 2.24. The SMILES string of the molecule is CCCCOCCCNC(=NCc1scnc1C)NCC. The van der Waals surface area contributed by atoms with E-state index in [0.29, 0.717) is 6.54 Å². The van der Waals surface area contributed by atoms with E-state index in [9.17, 15) is 0 Å². The quantitative estimate of drug-likeness (QED) is 0.396. The Labute approximate surface area is 132 Å². The number of rotatable bonds is 10. The molecule has 0 atom stereocenters. The molecule has 6 heteroatoms. The van der Waals surface area contributed by atoms with Crippen LogP contribution in [0.2, 0.25) is 0 Å². The van der Waals surface area contributed by atoms with E-state index in [2.05, 4.69) is 34.5 Å². The molecular weight excluding hydrogens is 284 g/mol. The molecule has 0 radical (unpaired) electrons. The van der Waals surface area contributed by atoms with E-state index >= 15 is 0 Å². The number of nitrogens with zero attached hydrogens (tertiary/aromatic N) is 2. The number of aromatic nitrogens is 1. The first-order valence-electron chi connectivity index (χ1n) is 7.76. The topological polar surface area (TPSA) is 58.5 Å². The normalized spacial score (nSPS) is 11.7. The van der Waals surface area contributed by atoms with Crippen molar-refractivity contribution in [3.05, 3.63) is 16.1 Å². The Hall–Kier alpha value is -1.14. The zero-order valence-electron chi connectivity index (χ0n) is 13.4. The monoisotopic (exact) mass is 312 g/mol. The largest absolute Gasteiger partial charge is 0.381 e. The molecule has 120 valence electrons. The Morgan fingerprint density at radius 1 is 1.29 bits per heavy atom. The predicted octanol–water partition coefficient (Wildman–Crippen LogP) is 2.71. The third-order valence-electron chi connectivity index (χ3n) is 2.97. The first-order chi connectivity index (χ1) is 10.3. The third kappa shape index (κ3) is 8.02. The maximum absolute atomic E-state index is 5.54. The fraction of sp³-hybridized carbons (Fsp3) is 0.733. The number of guanidine groups is 1. The molecule has 0 bridgehead atoms. The molecule has 1 aromatic heterocycles. The number of hydrogen-bond donors (Lipinski definition) is 2. The van der Waals surface area contributed by atoms with Crippen molar-refractivity contribution < 1.29 is 4.74 Å². The summed E-state index contributed by atoms with van der Waals surface area (Å²) in [5.74, 6) is 0.860. The van der Waals surface area contributed by atoms with Crippen molar-refractivity contribution in [3.8, 4) is 0 Å². The van der Waals surface area contributed by atoms with E-state index in [1.165, 1.54) is 11.3 Å². The van der Waals surface area contributed by atoms with Gasteiger partial charge in [0.1, 0.15) is 0 Å². The second kappa shape index (κ2) is 11.5. The lowest BCUT2D eigenvalue weighted by molar-refractivity contribution is 0.129. The second-order valence-electron chi connectivity index (χ2n) is 4.80. The van der Waals surface area contributed by atoms with Gasteiger partial charge in [-0.05, 0) is 26.7 Å². The molecule has 0 spiro atoms. The molecule has 2 N–H and O–H groups in total. The second-order valence-corrected chi connectivity index (χ2v) is 5.74. The van der Waals surface area contributed by atoms with Gasteiger partial charge >= 0.3 is 0 Å². The predicted molar refractivity (Wildman–Crippen MR) is 90.0 cm³/mol. The summed E-state index contributed by atoms with van der Waals surface area (Å²) in [5, 5.41) is 6.59. The van der Waals surface area contributed by atoms with E-state index < -0.39 is 0 Å². The number of nitrogens with one attached hydrogen (secondary N) is 2. The van der Waals surface area contributed by atoms with Gasteiger partial charge in [-0.15, -0.1) is 11.3 Å².